The van der Waals surface area contributed by atoms with Crippen molar-refractivity contribution in [3.05, 3.63) is 82.0 Å². The fourth-order valence-electron chi connectivity index (χ4n) is 4.16. The molecule has 8 heteroatoms. The Morgan fingerprint density at radius 2 is 1.82 bits per heavy atom. The molecule has 0 saturated heterocycles. The molecule has 0 aliphatic heterocycles. The Morgan fingerprint density at radius 1 is 1.06 bits per heavy atom. The van der Waals surface area contributed by atoms with Gasteiger partial charge >= 0.3 is 0 Å². The third kappa shape index (κ3) is 4.49. The fourth-order valence-corrected chi connectivity index (χ4v) is 4.87. The number of carbonyl (C=O) groups is 2. The molecular weight excluding hydrogens is 446 g/mol. The summed E-state index contributed by atoms with van der Waals surface area (Å²) in [5.41, 5.74) is 7.55. The Balaban J connectivity index is 1.33. The van der Waals surface area contributed by atoms with Crippen molar-refractivity contribution in [2.75, 3.05) is 5.32 Å². The molecule has 172 valence electrons. The lowest BCUT2D eigenvalue weighted by Gasteiger charge is -2.05. The van der Waals surface area contributed by atoms with E-state index in [2.05, 4.69) is 39.8 Å². The van der Waals surface area contributed by atoms with Gasteiger partial charge in [-0.15, -0.1) is 11.3 Å². The average Bonchev–Trinajstić information content (AvgIpc) is 3.56. The van der Waals surface area contributed by atoms with Gasteiger partial charge in [-0.2, -0.15) is 5.10 Å². The Hall–Kier alpha value is -3.78. The van der Waals surface area contributed by atoms with Crippen molar-refractivity contribution in [3.8, 4) is 16.9 Å². The molecule has 0 bridgehead atoms. The summed E-state index contributed by atoms with van der Waals surface area (Å²) < 4.78 is 1.91. The number of hydrogen-bond acceptors (Lipinski definition) is 5. The predicted octanol–water partition coefficient (Wildman–Crippen LogP) is 4.68. The number of thiazole rings is 1. The van der Waals surface area contributed by atoms with Crippen LogP contribution in [0.4, 0.5) is 5.13 Å². The monoisotopic (exact) mass is 471 g/mol. The highest BCUT2D eigenvalue weighted by Crippen LogP contribution is 2.30. The minimum Gasteiger partial charge on any atom is -0.352 e. The van der Waals surface area contributed by atoms with Gasteiger partial charge in [0.2, 0.25) is 5.91 Å². The highest BCUT2D eigenvalue weighted by Gasteiger charge is 2.27. The summed E-state index contributed by atoms with van der Waals surface area (Å²) in [5, 5.41) is 12.9. The van der Waals surface area contributed by atoms with Crippen LogP contribution in [0.3, 0.4) is 0 Å². The van der Waals surface area contributed by atoms with E-state index in [1.54, 1.807) is 0 Å². The summed E-state index contributed by atoms with van der Waals surface area (Å²) >= 11 is 1.39. The van der Waals surface area contributed by atoms with E-state index in [-0.39, 0.29) is 11.8 Å². The maximum atomic E-state index is 13.1. The molecule has 2 heterocycles. The number of carbonyl (C=O) groups excluding carboxylic acids is 2. The molecule has 1 aliphatic rings. The molecule has 1 aliphatic carbocycles. The van der Waals surface area contributed by atoms with Gasteiger partial charge in [-0.3, -0.25) is 14.9 Å². The zero-order chi connectivity index (χ0) is 23.7. The highest BCUT2D eigenvalue weighted by atomic mass is 32.1. The second kappa shape index (κ2) is 9.23. The number of aromatic nitrogens is 3. The van der Waals surface area contributed by atoms with E-state index in [4.69, 9.17) is 0 Å². The Morgan fingerprint density at radius 3 is 2.56 bits per heavy atom. The minimum absolute atomic E-state index is 0.0571. The van der Waals surface area contributed by atoms with Crippen LogP contribution in [-0.2, 0) is 24.2 Å². The lowest BCUT2D eigenvalue weighted by atomic mass is 10.1. The number of benzene rings is 2. The molecule has 2 aromatic carbocycles. The number of fused-ring (bicyclic) bond motifs is 1. The Kier molecular flexibility index (Phi) is 5.98. The van der Waals surface area contributed by atoms with Gasteiger partial charge < -0.3 is 5.32 Å². The summed E-state index contributed by atoms with van der Waals surface area (Å²) in [5.74, 6) is -0.283. The van der Waals surface area contributed by atoms with Gasteiger partial charge in [0.15, 0.2) is 10.8 Å². The molecule has 5 rings (SSSR count). The molecule has 0 unspecified atom stereocenters. The van der Waals surface area contributed by atoms with Gasteiger partial charge in [0.25, 0.3) is 5.91 Å². The molecule has 0 saturated carbocycles. The van der Waals surface area contributed by atoms with Crippen LogP contribution >= 0.6 is 11.3 Å². The second-order valence-electron chi connectivity index (χ2n) is 8.47. The number of nitrogens with one attached hydrogen (secondary N) is 2. The third-order valence-electron chi connectivity index (χ3n) is 5.94. The van der Waals surface area contributed by atoms with E-state index in [0.29, 0.717) is 17.4 Å². The van der Waals surface area contributed by atoms with Crippen LogP contribution in [0.5, 0.6) is 0 Å². The van der Waals surface area contributed by atoms with Gasteiger partial charge in [0.1, 0.15) is 0 Å². The zero-order valence-electron chi connectivity index (χ0n) is 19.1. The van der Waals surface area contributed by atoms with E-state index in [1.807, 2.05) is 46.5 Å². The number of hydrogen-bond donors (Lipinski definition) is 2. The molecule has 2 amide bonds. The highest BCUT2D eigenvalue weighted by molar-refractivity contribution is 7.14. The Bertz CT molecular complexity index is 1350. The van der Waals surface area contributed by atoms with Gasteiger partial charge in [0.05, 0.1) is 11.4 Å². The molecule has 34 heavy (non-hydrogen) atoms. The van der Waals surface area contributed by atoms with Gasteiger partial charge in [-0.05, 0) is 43.9 Å². The van der Waals surface area contributed by atoms with E-state index in [1.165, 1.54) is 23.8 Å². The van der Waals surface area contributed by atoms with Crippen molar-refractivity contribution in [3.63, 3.8) is 0 Å². The lowest BCUT2D eigenvalue weighted by Crippen LogP contribution is -2.18. The van der Waals surface area contributed by atoms with Gasteiger partial charge in [-0.25, -0.2) is 9.67 Å². The quantitative estimate of drug-likeness (QED) is 0.427. The van der Waals surface area contributed by atoms with Crippen LogP contribution in [-0.4, -0.2) is 26.6 Å². The maximum absolute atomic E-state index is 13.1. The number of amides is 2. The molecule has 7 nitrogen and oxygen atoms in total. The van der Waals surface area contributed by atoms with E-state index >= 15 is 0 Å². The predicted molar refractivity (Wildman–Crippen MR) is 133 cm³/mol. The van der Waals surface area contributed by atoms with Crippen LogP contribution in [0.1, 0.15) is 46.2 Å². The molecule has 0 atom stereocenters. The minimum atomic E-state index is -0.226. The van der Waals surface area contributed by atoms with E-state index < -0.39 is 0 Å². The average molecular weight is 472 g/mol. The van der Waals surface area contributed by atoms with Crippen molar-refractivity contribution in [1.82, 2.24) is 20.1 Å². The lowest BCUT2D eigenvalue weighted by molar-refractivity contribution is -0.119. The van der Waals surface area contributed by atoms with Gasteiger partial charge in [0, 0.05) is 35.7 Å². The first-order chi connectivity index (χ1) is 16.5. The van der Waals surface area contributed by atoms with E-state index in [9.17, 15) is 9.59 Å². The summed E-state index contributed by atoms with van der Waals surface area (Å²) in [4.78, 5) is 28.8. The fraction of sp³-hybridized carbons (Fsp3) is 0.231. The first-order valence-electron chi connectivity index (χ1n) is 11.3. The number of anilines is 1. The SMILES string of the molecule is CC(=O)NCc1ccc(-c2csc(NC(=O)c3nn(-c4ccc(C)cc4)c4c3CCC4)n2)cc1. The molecule has 0 fully saturated rings. The molecule has 0 spiro atoms. The smallest absolute Gasteiger partial charge is 0.278 e. The first-order valence-corrected chi connectivity index (χ1v) is 12.1. The van der Waals surface area contributed by atoms with Crippen LogP contribution in [0, 0.1) is 6.92 Å². The molecule has 2 aromatic heterocycles. The standard InChI is InChI=1S/C26H25N5O2S/c1-16-6-12-20(13-7-16)31-23-5-3-4-21(23)24(30-31)25(33)29-26-28-22(15-34-26)19-10-8-18(9-11-19)14-27-17(2)32/h6-13,15H,3-5,14H2,1-2H3,(H,27,32)(H,28,29,33). The van der Waals surface area contributed by atoms with Crippen LogP contribution in [0.15, 0.2) is 53.9 Å². The second-order valence-corrected chi connectivity index (χ2v) is 9.33. The van der Waals surface area contributed by atoms with Crippen molar-refractivity contribution in [2.45, 2.75) is 39.7 Å². The summed E-state index contributed by atoms with van der Waals surface area (Å²) in [6.07, 6.45) is 2.80. The Labute approximate surface area is 201 Å². The molecular formula is C26H25N5O2S. The van der Waals surface area contributed by atoms with Crippen LogP contribution in [0.2, 0.25) is 0 Å². The van der Waals surface area contributed by atoms with Crippen molar-refractivity contribution in [2.24, 2.45) is 0 Å². The summed E-state index contributed by atoms with van der Waals surface area (Å²) in [7, 11) is 0. The third-order valence-corrected chi connectivity index (χ3v) is 6.70. The first kappa shape index (κ1) is 22.0. The molecule has 2 N–H and O–H groups in total. The zero-order valence-corrected chi connectivity index (χ0v) is 19.9. The van der Waals surface area contributed by atoms with Crippen molar-refractivity contribution < 1.29 is 9.59 Å². The van der Waals surface area contributed by atoms with Crippen LogP contribution < -0.4 is 10.6 Å². The number of aryl methyl sites for hydroxylation is 1. The largest absolute Gasteiger partial charge is 0.352 e. The van der Waals surface area contributed by atoms with Crippen LogP contribution in [0.25, 0.3) is 16.9 Å². The topological polar surface area (TPSA) is 88.9 Å². The van der Waals surface area contributed by atoms with Crippen molar-refractivity contribution in [1.29, 1.82) is 0 Å². The summed E-state index contributed by atoms with van der Waals surface area (Å²) in [6.45, 7) is 4.05. The van der Waals surface area contributed by atoms with E-state index in [0.717, 1.165) is 53.0 Å². The van der Waals surface area contributed by atoms with Crippen molar-refractivity contribution >= 4 is 28.3 Å². The number of rotatable bonds is 6. The summed E-state index contributed by atoms with van der Waals surface area (Å²) in [6, 6.07) is 16.0. The van der Waals surface area contributed by atoms with Gasteiger partial charge in [-0.1, -0.05) is 42.0 Å². The molecule has 4 aromatic rings. The normalized spacial score (nSPS) is 12.4. The maximum Gasteiger partial charge on any atom is 0.278 e. The molecule has 0 radical (unpaired) electrons. The number of nitrogens with zero attached hydrogens (tertiary/aromatic N) is 3.